The summed E-state index contributed by atoms with van der Waals surface area (Å²) in [6, 6.07) is -0.886. The van der Waals surface area contributed by atoms with Crippen LogP contribution in [0.4, 0.5) is 4.79 Å². The number of nitrogens with one attached hydrogen (secondary N) is 2. The maximum atomic E-state index is 12.3. The quantitative estimate of drug-likeness (QED) is 0.694. The number of nitrogens with zero attached hydrogens (tertiary/aromatic N) is 1. The molecule has 2 bridgehead atoms. The van der Waals surface area contributed by atoms with E-state index in [1.165, 1.54) is 0 Å². The Morgan fingerprint density at radius 1 is 1.19 bits per heavy atom. The highest BCUT2D eigenvalue weighted by Gasteiger charge is 2.51. The van der Waals surface area contributed by atoms with Gasteiger partial charge in [-0.1, -0.05) is 0 Å². The van der Waals surface area contributed by atoms with Crippen molar-refractivity contribution < 1.29 is 19.5 Å². The molecule has 1 aliphatic carbocycles. The molecule has 0 aromatic heterocycles. The van der Waals surface area contributed by atoms with Gasteiger partial charge in [0.15, 0.2) is 0 Å². The monoisotopic (exact) mass is 295 g/mol. The van der Waals surface area contributed by atoms with Crippen molar-refractivity contribution in [2.24, 2.45) is 5.92 Å². The van der Waals surface area contributed by atoms with E-state index in [1.807, 2.05) is 0 Å². The highest BCUT2D eigenvalue weighted by atomic mass is 16.4. The molecule has 3 fully saturated rings. The van der Waals surface area contributed by atoms with Crippen molar-refractivity contribution in [3.63, 3.8) is 0 Å². The van der Waals surface area contributed by atoms with Gasteiger partial charge in [-0.15, -0.1) is 0 Å². The molecule has 3 aliphatic rings. The van der Waals surface area contributed by atoms with Gasteiger partial charge in [-0.3, -0.25) is 9.59 Å². The predicted octanol–water partition coefficient (Wildman–Crippen LogP) is 0.301. The lowest BCUT2D eigenvalue weighted by atomic mass is 9.89. The minimum absolute atomic E-state index is 0.00482. The van der Waals surface area contributed by atoms with Crippen LogP contribution in [0.1, 0.15) is 39.0 Å². The second-order valence-corrected chi connectivity index (χ2v) is 6.34. The number of hydrogen-bond acceptors (Lipinski definition) is 3. The van der Waals surface area contributed by atoms with Gasteiger partial charge < -0.3 is 20.6 Å². The first kappa shape index (κ1) is 14.2. The Labute approximate surface area is 123 Å². The number of carbonyl (C=O) groups is 3. The van der Waals surface area contributed by atoms with Gasteiger partial charge in [0.05, 0.1) is 5.92 Å². The van der Waals surface area contributed by atoms with Gasteiger partial charge >= 0.3 is 12.0 Å². The largest absolute Gasteiger partial charge is 0.481 e. The van der Waals surface area contributed by atoms with E-state index in [1.54, 1.807) is 11.8 Å². The molecule has 4 unspecified atom stereocenters. The highest BCUT2D eigenvalue weighted by Crippen LogP contribution is 2.41. The van der Waals surface area contributed by atoms with Crippen LogP contribution in [0.25, 0.3) is 0 Å². The fraction of sp³-hybridized carbons (Fsp3) is 0.786. The molecule has 2 aliphatic heterocycles. The van der Waals surface area contributed by atoms with Crippen LogP contribution in [0.15, 0.2) is 0 Å². The summed E-state index contributed by atoms with van der Waals surface area (Å²) >= 11 is 0. The molecule has 3 N–H and O–H groups in total. The van der Waals surface area contributed by atoms with Crippen LogP contribution in [0, 0.1) is 5.92 Å². The summed E-state index contributed by atoms with van der Waals surface area (Å²) in [5.74, 6) is -1.48. The first-order valence-corrected chi connectivity index (χ1v) is 7.59. The van der Waals surface area contributed by atoms with Crippen LogP contribution in [0.5, 0.6) is 0 Å². The normalized spacial score (nSPS) is 31.9. The number of fused-ring (bicyclic) bond motifs is 2. The summed E-state index contributed by atoms with van der Waals surface area (Å²) < 4.78 is 0. The van der Waals surface area contributed by atoms with E-state index in [4.69, 9.17) is 0 Å². The minimum Gasteiger partial charge on any atom is -0.481 e. The first-order valence-electron chi connectivity index (χ1n) is 7.59. The smallest absolute Gasteiger partial charge is 0.318 e. The third kappa shape index (κ3) is 2.69. The van der Waals surface area contributed by atoms with E-state index < -0.39 is 17.9 Å². The van der Waals surface area contributed by atoms with Crippen LogP contribution in [0.3, 0.4) is 0 Å². The Morgan fingerprint density at radius 3 is 2.48 bits per heavy atom. The molecule has 3 rings (SSSR count). The average molecular weight is 295 g/mol. The minimum atomic E-state index is -0.834. The second kappa shape index (κ2) is 5.20. The van der Waals surface area contributed by atoms with Gasteiger partial charge in [-0.2, -0.15) is 0 Å². The summed E-state index contributed by atoms with van der Waals surface area (Å²) in [5, 5.41) is 14.7. The van der Waals surface area contributed by atoms with E-state index >= 15 is 0 Å². The first-order chi connectivity index (χ1) is 9.97. The van der Waals surface area contributed by atoms with Crippen molar-refractivity contribution in [2.45, 2.75) is 63.2 Å². The molecule has 7 heteroatoms. The Hall–Kier alpha value is -1.79. The molecule has 0 aromatic rings. The van der Waals surface area contributed by atoms with Crippen LogP contribution >= 0.6 is 0 Å². The van der Waals surface area contributed by atoms with Gasteiger partial charge in [0.25, 0.3) is 0 Å². The number of amides is 3. The SMILES string of the molecule is CC(NC(=O)N1C2CCC1C(C(=O)O)C2)C(=O)NC1CC1. The molecule has 2 heterocycles. The lowest BCUT2D eigenvalue weighted by molar-refractivity contribution is -0.142. The van der Waals surface area contributed by atoms with Gasteiger partial charge in [-0.05, 0) is 39.0 Å². The Bertz CT molecular complexity index is 477. The zero-order valence-corrected chi connectivity index (χ0v) is 12.0. The zero-order valence-electron chi connectivity index (χ0n) is 12.0. The molecule has 3 amide bonds. The molecule has 116 valence electrons. The third-order valence-corrected chi connectivity index (χ3v) is 4.75. The predicted molar refractivity (Wildman–Crippen MR) is 73.6 cm³/mol. The van der Waals surface area contributed by atoms with Gasteiger partial charge in [0.2, 0.25) is 5.91 Å². The van der Waals surface area contributed by atoms with E-state index in [2.05, 4.69) is 10.6 Å². The number of carbonyl (C=O) groups excluding carboxylic acids is 2. The van der Waals surface area contributed by atoms with Crippen molar-refractivity contribution in [3.05, 3.63) is 0 Å². The summed E-state index contributed by atoms with van der Waals surface area (Å²) in [6.07, 6.45) is 4.12. The molecule has 0 spiro atoms. The molecule has 0 aromatic carbocycles. The lowest BCUT2D eigenvalue weighted by Gasteiger charge is -2.25. The number of urea groups is 1. The number of rotatable bonds is 4. The summed E-state index contributed by atoms with van der Waals surface area (Å²) in [7, 11) is 0. The molecular formula is C14H21N3O4. The van der Waals surface area contributed by atoms with E-state index in [0.717, 1.165) is 25.7 Å². The maximum Gasteiger partial charge on any atom is 0.318 e. The summed E-state index contributed by atoms with van der Waals surface area (Å²) in [4.78, 5) is 37.0. The molecule has 0 radical (unpaired) electrons. The number of carboxylic acid groups (broad SMARTS) is 1. The van der Waals surface area contributed by atoms with E-state index in [-0.39, 0.29) is 30.1 Å². The standard InChI is InChI=1S/C14H21N3O4/c1-7(12(18)16-8-2-3-8)15-14(21)17-9-4-5-11(17)10(6-9)13(19)20/h7-11H,2-6H2,1H3,(H,15,21)(H,16,18)(H,19,20). The summed E-state index contributed by atoms with van der Waals surface area (Å²) in [5.41, 5.74) is 0. The molecule has 1 saturated carbocycles. The fourth-order valence-electron chi connectivity index (χ4n) is 3.45. The topological polar surface area (TPSA) is 98.7 Å². The molecular weight excluding hydrogens is 274 g/mol. The van der Waals surface area contributed by atoms with E-state index in [0.29, 0.717) is 6.42 Å². The van der Waals surface area contributed by atoms with Crippen molar-refractivity contribution >= 4 is 17.9 Å². The number of aliphatic carboxylic acids is 1. The van der Waals surface area contributed by atoms with Crippen molar-refractivity contribution in [2.75, 3.05) is 0 Å². The van der Waals surface area contributed by atoms with Crippen LogP contribution in [-0.4, -0.2) is 52.1 Å². The van der Waals surface area contributed by atoms with E-state index in [9.17, 15) is 19.5 Å². The fourth-order valence-corrected chi connectivity index (χ4v) is 3.45. The molecule has 7 nitrogen and oxygen atoms in total. The molecule has 21 heavy (non-hydrogen) atoms. The van der Waals surface area contributed by atoms with Crippen LogP contribution < -0.4 is 10.6 Å². The van der Waals surface area contributed by atoms with Crippen LogP contribution in [0.2, 0.25) is 0 Å². The maximum absolute atomic E-state index is 12.3. The second-order valence-electron chi connectivity index (χ2n) is 6.34. The Morgan fingerprint density at radius 2 is 1.90 bits per heavy atom. The van der Waals surface area contributed by atoms with Gasteiger partial charge in [0, 0.05) is 18.1 Å². The molecule has 2 saturated heterocycles. The third-order valence-electron chi connectivity index (χ3n) is 4.75. The van der Waals surface area contributed by atoms with Crippen molar-refractivity contribution in [1.29, 1.82) is 0 Å². The van der Waals surface area contributed by atoms with Gasteiger partial charge in [0.1, 0.15) is 6.04 Å². The number of hydrogen-bond donors (Lipinski definition) is 3. The number of carboxylic acids is 1. The van der Waals surface area contributed by atoms with Crippen molar-refractivity contribution in [1.82, 2.24) is 15.5 Å². The van der Waals surface area contributed by atoms with Crippen molar-refractivity contribution in [3.8, 4) is 0 Å². The lowest BCUT2D eigenvalue weighted by Crippen LogP contribution is -2.52. The molecule has 4 atom stereocenters. The highest BCUT2D eigenvalue weighted by molar-refractivity contribution is 5.88. The van der Waals surface area contributed by atoms with Gasteiger partial charge in [-0.25, -0.2) is 4.79 Å². The summed E-state index contributed by atoms with van der Waals surface area (Å²) in [6.45, 7) is 1.66. The Kier molecular flexibility index (Phi) is 3.51. The average Bonchev–Trinajstić information content (AvgIpc) is 3.05. The Balaban J connectivity index is 1.58. The zero-order chi connectivity index (χ0) is 15.1. The van der Waals surface area contributed by atoms with Crippen LogP contribution in [-0.2, 0) is 9.59 Å².